The minimum absolute atomic E-state index is 0. The van der Waals surface area contributed by atoms with Gasteiger partial charge in [-0.15, -0.1) is 35.3 Å². The van der Waals surface area contributed by atoms with Gasteiger partial charge in [-0.2, -0.15) is 0 Å². The number of halogens is 1. The Morgan fingerprint density at radius 2 is 2.17 bits per heavy atom. The van der Waals surface area contributed by atoms with Crippen LogP contribution >= 0.6 is 35.3 Å². The zero-order valence-electron chi connectivity index (χ0n) is 10.9. The van der Waals surface area contributed by atoms with Crippen molar-refractivity contribution in [3.8, 4) is 0 Å². The molecule has 1 aromatic rings. The van der Waals surface area contributed by atoms with Gasteiger partial charge in [0.2, 0.25) is 0 Å². The average Bonchev–Trinajstić information content (AvgIpc) is 3.08. The van der Waals surface area contributed by atoms with E-state index in [0.717, 1.165) is 24.0 Å². The summed E-state index contributed by atoms with van der Waals surface area (Å²) in [5, 5.41) is 3.23. The van der Waals surface area contributed by atoms with Gasteiger partial charge in [-0.05, 0) is 26.7 Å². The molecule has 1 aliphatic rings. The van der Waals surface area contributed by atoms with E-state index < -0.39 is 0 Å². The summed E-state index contributed by atoms with van der Waals surface area (Å²) >= 11 is 1.69. The second kappa shape index (κ2) is 7.28. The molecule has 0 saturated heterocycles. The van der Waals surface area contributed by atoms with Crippen molar-refractivity contribution in [2.45, 2.75) is 39.2 Å². The maximum atomic E-state index is 5.92. The lowest BCUT2D eigenvalue weighted by Gasteiger charge is -2.18. The van der Waals surface area contributed by atoms with Gasteiger partial charge in [0.05, 0.1) is 12.2 Å². The highest BCUT2D eigenvalue weighted by Crippen LogP contribution is 2.40. The number of guanidine groups is 1. The fourth-order valence-corrected chi connectivity index (χ4v) is 2.56. The minimum Gasteiger partial charge on any atom is -0.370 e. The van der Waals surface area contributed by atoms with E-state index in [2.05, 4.69) is 34.1 Å². The highest BCUT2D eigenvalue weighted by atomic mass is 127. The van der Waals surface area contributed by atoms with E-state index in [0.29, 0.717) is 12.5 Å². The van der Waals surface area contributed by atoms with Gasteiger partial charge in [-0.25, -0.2) is 9.98 Å². The zero-order valence-corrected chi connectivity index (χ0v) is 14.1. The van der Waals surface area contributed by atoms with Crippen LogP contribution in [0.15, 0.2) is 10.4 Å². The van der Waals surface area contributed by atoms with Gasteiger partial charge >= 0.3 is 0 Å². The van der Waals surface area contributed by atoms with Crippen LogP contribution < -0.4 is 5.73 Å². The first-order valence-electron chi connectivity index (χ1n) is 6.23. The minimum atomic E-state index is 0. The Morgan fingerprint density at radius 3 is 2.72 bits per heavy atom. The first-order chi connectivity index (χ1) is 8.24. The SMILES string of the molecule is CCN(CC)C(N)=NCc1nc(C2CC2)cs1.I. The third-order valence-corrected chi connectivity index (χ3v) is 3.88. The summed E-state index contributed by atoms with van der Waals surface area (Å²) in [5.41, 5.74) is 7.17. The second-order valence-corrected chi connectivity index (χ2v) is 5.23. The quantitative estimate of drug-likeness (QED) is 0.486. The molecule has 2 N–H and O–H groups in total. The highest BCUT2D eigenvalue weighted by Gasteiger charge is 2.25. The molecule has 0 spiro atoms. The summed E-state index contributed by atoms with van der Waals surface area (Å²) in [4.78, 5) is 11.0. The molecule has 0 radical (unpaired) electrons. The molecular formula is C12H21IN4S. The third-order valence-electron chi connectivity index (χ3n) is 3.03. The molecule has 0 aromatic carbocycles. The number of aliphatic imine (C=N–C) groups is 1. The van der Waals surface area contributed by atoms with Crippen molar-refractivity contribution in [3.63, 3.8) is 0 Å². The fraction of sp³-hybridized carbons (Fsp3) is 0.667. The second-order valence-electron chi connectivity index (χ2n) is 4.29. The standard InChI is InChI=1S/C12H20N4S.HI/c1-3-16(4-2)12(13)14-7-11-15-10(8-17-11)9-5-6-9;/h8-9H,3-7H2,1-2H3,(H2,13,14);1H. The molecule has 0 atom stereocenters. The molecule has 6 heteroatoms. The number of aromatic nitrogens is 1. The van der Waals surface area contributed by atoms with Gasteiger partial charge in [-0.1, -0.05) is 0 Å². The number of nitrogens with two attached hydrogens (primary N) is 1. The summed E-state index contributed by atoms with van der Waals surface area (Å²) < 4.78 is 0. The van der Waals surface area contributed by atoms with Crippen LogP contribution in [0.3, 0.4) is 0 Å². The Hall–Kier alpha value is -0.370. The molecule has 4 nitrogen and oxygen atoms in total. The van der Waals surface area contributed by atoms with Crippen LogP contribution in [0.5, 0.6) is 0 Å². The predicted octanol–water partition coefficient (Wildman–Crippen LogP) is 2.80. The van der Waals surface area contributed by atoms with Crippen LogP contribution in [0.2, 0.25) is 0 Å². The Bertz CT molecular complexity index is 397. The van der Waals surface area contributed by atoms with Crippen molar-refractivity contribution in [1.82, 2.24) is 9.88 Å². The fourth-order valence-electron chi connectivity index (χ4n) is 1.76. The van der Waals surface area contributed by atoms with Crippen LogP contribution in [-0.2, 0) is 6.54 Å². The van der Waals surface area contributed by atoms with Crippen LogP contribution in [0, 0.1) is 0 Å². The predicted molar refractivity (Wildman–Crippen MR) is 87.8 cm³/mol. The Labute approximate surface area is 130 Å². The molecule has 1 aromatic heterocycles. The summed E-state index contributed by atoms with van der Waals surface area (Å²) in [6.07, 6.45) is 2.60. The lowest BCUT2D eigenvalue weighted by atomic mass is 10.3. The van der Waals surface area contributed by atoms with Gasteiger partial charge in [0.1, 0.15) is 5.01 Å². The first-order valence-corrected chi connectivity index (χ1v) is 7.11. The molecule has 0 unspecified atom stereocenters. The number of thiazole rings is 1. The van der Waals surface area contributed by atoms with E-state index in [4.69, 9.17) is 5.73 Å². The van der Waals surface area contributed by atoms with Crippen molar-refractivity contribution in [2.75, 3.05) is 13.1 Å². The van der Waals surface area contributed by atoms with E-state index in [-0.39, 0.29) is 24.0 Å². The molecular weight excluding hydrogens is 359 g/mol. The lowest BCUT2D eigenvalue weighted by Crippen LogP contribution is -2.37. The Balaban J connectivity index is 0.00000162. The van der Waals surface area contributed by atoms with Crippen molar-refractivity contribution >= 4 is 41.3 Å². The molecule has 1 heterocycles. The highest BCUT2D eigenvalue weighted by molar-refractivity contribution is 14.0. The molecule has 0 aliphatic heterocycles. The normalized spacial score (nSPS) is 15.3. The maximum absolute atomic E-state index is 5.92. The van der Waals surface area contributed by atoms with Gasteiger partial charge in [0.15, 0.2) is 5.96 Å². The number of hydrogen-bond donors (Lipinski definition) is 1. The van der Waals surface area contributed by atoms with Crippen LogP contribution in [-0.4, -0.2) is 28.9 Å². The Kier molecular flexibility index (Phi) is 6.34. The maximum Gasteiger partial charge on any atom is 0.191 e. The molecule has 102 valence electrons. The molecule has 1 fully saturated rings. The summed E-state index contributed by atoms with van der Waals surface area (Å²) in [6, 6.07) is 0. The van der Waals surface area contributed by atoms with Crippen molar-refractivity contribution in [2.24, 2.45) is 10.7 Å². The third kappa shape index (κ3) is 4.08. The number of nitrogens with zero attached hydrogens (tertiary/aromatic N) is 3. The zero-order chi connectivity index (χ0) is 12.3. The van der Waals surface area contributed by atoms with Crippen molar-refractivity contribution in [1.29, 1.82) is 0 Å². The largest absolute Gasteiger partial charge is 0.370 e. The monoisotopic (exact) mass is 380 g/mol. The van der Waals surface area contributed by atoms with E-state index in [1.807, 2.05) is 0 Å². The van der Waals surface area contributed by atoms with E-state index in [9.17, 15) is 0 Å². The van der Waals surface area contributed by atoms with Crippen LogP contribution in [0.25, 0.3) is 0 Å². The van der Waals surface area contributed by atoms with E-state index in [1.54, 1.807) is 11.3 Å². The summed E-state index contributed by atoms with van der Waals surface area (Å²) in [5.74, 6) is 1.35. The lowest BCUT2D eigenvalue weighted by molar-refractivity contribution is 0.458. The molecule has 2 rings (SSSR count). The molecule has 1 aliphatic carbocycles. The van der Waals surface area contributed by atoms with Gasteiger partial charge in [-0.3, -0.25) is 0 Å². The van der Waals surface area contributed by atoms with Gasteiger partial charge in [0.25, 0.3) is 0 Å². The van der Waals surface area contributed by atoms with Gasteiger partial charge < -0.3 is 10.6 Å². The van der Waals surface area contributed by atoms with Crippen molar-refractivity contribution < 1.29 is 0 Å². The molecule has 1 saturated carbocycles. The smallest absolute Gasteiger partial charge is 0.191 e. The molecule has 0 bridgehead atoms. The van der Waals surface area contributed by atoms with Gasteiger partial charge in [0, 0.05) is 24.4 Å². The Morgan fingerprint density at radius 1 is 1.50 bits per heavy atom. The summed E-state index contributed by atoms with van der Waals surface area (Å²) in [6.45, 7) is 6.58. The van der Waals surface area contributed by atoms with Crippen LogP contribution in [0.4, 0.5) is 0 Å². The number of hydrogen-bond acceptors (Lipinski definition) is 3. The summed E-state index contributed by atoms with van der Waals surface area (Å²) in [7, 11) is 0. The molecule has 0 amide bonds. The number of rotatable bonds is 5. The van der Waals surface area contributed by atoms with E-state index in [1.165, 1.54) is 18.5 Å². The molecule has 18 heavy (non-hydrogen) atoms. The van der Waals surface area contributed by atoms with Crippen molar-refractivity contribution in [3.05, 3.63) is 16.1 Å². The first kappa shape index (κ1) is 15.7. The van der Waals surface area contributed by atoms with E-state index >= 15 is 0 Å². The van der Waals surface area contributed by atoms with Crippen LogP contribution in [0.1, 0.15) is 43.3 Å². The average molecular weight is 380 g/mol. The topological polar surface area (TPSA) is 54.5 Å².